The minimum absolute atomic E-state index is 0.0460. The summed E-state index contributed by atoms with van der Waals surface area (Å²) in [6.07, 6.45) is 0.371. The number of aliphatic imine (C=N–C) groups is 2. The van der Waals surface area contributed by atoms with Gasteiger partial charge in [0.2, 0.25) is 5.91 Å². The Hall–Kier alpha value is -4.54. The van der Waals surface area contributed by atoms with Crippen molar-refractivity contribution in [2.45, 2.75) is 96.9 Å². The first-order valence-electron chi connectivity index (χ1n) is 16.7. The molecule has 1 fully saturated rings. The number of fused-ring (bicyclic) bond motifs is 3. The van der Waals surface area contributed by atoms with Crippen LogP contribution >= 0.6 is 0 Å². The summed E-state index contributed by atoms with van der Waals surface area (Å²) in [5, 5.41) is 7.35. The zero-order valence-electron chi connectivity index (χ0n) is 29.5. The van der Waals surface area contributed by atoms with E-state index >= 15 is 4.39 Å². The number of carbonyl (C=O) groups is 3. The monoisotopic (exact) mass is 720 g/mol. The van der Waals surface area contributed by atoms with E-state index in [0.717, 1.165) is 6.07 Å². The summed E-state index contributed by atoms with van der Waals surface area (Å²) in [6, 6.07) is -0.414. The molecule has 1 saturated heterocycles. The fourth-order valence-corrected chi connectivity index (χ4v) is 6.81. The van der Waals surface area contributed by atoms with Gasteiger partial charge in [0.05, 0.1) is 24.0 Å². The number of hydrazine groups is 1. The van der Waals surface area contributed by atoms with Gasteiger partial charge in [-0.3, -0.25) is 25.5 Å². The molecule has 17 heteroatoms. The molecule has 3 aliphatic heterocycles. The van der Waals surface area contributed by atoms with E-state index in [1.165, 1.54) is 28.1 Å². The van der Waals surface area contributed by atoms with Crippen molar-refractivity contribution in [3.63, 3.8) is 0 Å². The van der Waals surface area contributed by atoms with Crippen LogP contribution in [0.3, 0.4) is 0 Å². The van der Waals surface area contributed by atoms with E-state index in [-0.39, 0.29) is 25.9 Å². The highest BCUT2D eigenvalue weighted by Gasteiger charge is 2.53. The first kappa shape index (κ1) is 37.7. The summed E-state index contributed by atoms with van der Waals surface area (Å²) in [5.41, 5.74) is 3.18. The molecule has 0 saturated carbocycles. The summed E-state index contributed by atoms with van der Waals surface area (Å²) in [4.78, 5) is 48.5. The molecule has 4 heterocycles. The number of hydrogen-bond acceptors (Lipinski definition) is 9. The first-order chi connectivity index (χ1) is 23.7. The fourth-order valence-electron chi connectivity index (χ4n) is 6.81. The molecular formula is C34H44F4N8O5. The Morgan fingerprint density at radius 3 is 2.37 bits per heavy atom. The number of aromatic nitrogens is 2. The van der Waals surface area contributed by atoms with E-state index in [0.29, 0.717) is 16.8 Å². The predicted octanol–water partition coefficient (Wildman–Crippen LogP) is 5.18. The first-order valence-corrected chi connectivity index (χ1v) is 16.7. The number of alkyl halides is 3. The highest BCUT2D eigenvalue weighted by molar-refractivity contribution is 5.94. The Balaban J connectivity index is 1.48. The number of allylic oxidation sites excluding steroid dienone is 1. The smallest absolute Gasteiger partial charge is 0.435 e. The van der Waals surface area contributed by atoms with Crippen LogP contribution in [-0.2, 0) is 20.4 Å². The maximum absolute atomic E-state index is 15.6. The molecule has 51 heavy (non-hydrogen) atoms. The van der Waals surface area contributed by atoms with Crippen molar-refractivity contribution in [3.05, 3.63) is 47.1 Å². The van der Waals surface area contributed by atoms with Crippen molar-refractivity contribution in [3.8, 4) is 0 Å². The van der Waals surface area contributed by atoms with Crippen molar-refractivity contribution >= 4 is 36.2 Å². The van der Waals surface area contributed by atoms with Gasteiger partial charge in [0, 0.05) is 61.6 Å². The van der Waals surface area contributed by atoms with E-state index in [1.807, 2.05) is 0 Å². The molecule has 3 N–H and O–H groups in total. The van der Waals surface area contributed by atoms with Crippen molar-refractivity contribution < 1.29 is 41.4 Å². The van der Waals surface area contributed by atoms with Gasteiger partial charge in [0.1, 0.15) is 17.4 Å². The predicted molar refractivity (Wildman–Crippen MR) is 180 cm³/mol. The number of halogens is 4. The van der Waals surface area contributed by atoms with E-state index < -0.39 is 83.0 Å². The van der Waals surface area contributed by atoms with Gasteiger partial charge in [-0.05, 0) is 72.1 Å². The van der Waals surface area contributed by atoms with Crippen LogP contribution in [0.5, 0.6) is 0 Å². The van der Waals surface area contributed by atoms with E-state index in [2.05, 4.69) is 26.3 Å². The van der Waals surface area contributed by atoms with Crippen LogP contribution in [-0.4, -0.2) is 87.7 Å². The Morgan fingerprint density at radius 1 is 1.04 bits per heavy atom. The quantitative estimate of drug-likeness (QED) is 0.271. The lowest BCUT2D eigenvalue weighted by molar-refractivity contribution is -0.141. The largest absolute Gasteiger partial charge is 0.444 e. The maximum Gasteiger partial charge on any atom is 0.435 e. The van der Waals surface area contributed by atoms with Gasteiger partial charge in [0.25, 0.3) is 0 Å². The van der Waals surface area contributed by atoms with Gasteiger partial charge < -0.3 is 14.4 Å². The molecule has 3 amide bonds. The Labute approximate surface area is 293 Å². The third kappa shape index (κ3) is 8.86. The number of dihydropyridines is 2. The zero-order valence-corrected chi connectivity index (χ0v) is 29.5. The van der Waals surface area contributed by atoms with E-state index in [4.69, 9.17) is 14.5 Å². The van der Waals surface area contributed by atoms with Gasteiger partial charge in [-0.2, -0.15) is 18.3 Å². The minimum atomic E-state index is -4.71. The molecule has 278 valence electrons. The molecule has 1 aliphatic carbocycles. The molecule has 1 aromatic heterocycles. The van der Waals surface area contributed by atoms with Crippen LogP contribution in [0.2, 0.25) is 0 Å². The van der Waals surface area contributed by atoms with Crippen LogP contribution in [0.4, 0.5) is 27.2 Å². The van der Waals surface area contributed by atoms with Crippen LogP contribution in [0, 0.1) is 17.8 Å². The fraction of sp³-hybridized carbons (Fsp3) is 0.588. The van der Waals surface area contributed by atoms with Crippen molar-refractivity contribution in [2.24, 2.45) is 27.7 Å². The van der Waals surface area contributed by atoms with Gasteiger partial charge in [-0.15, -0.1) is 0 Å². The summed E-state index contributed by atoms with van der Waals surface area (Å²) in [5.74, 6) is -2.76. The third-order valence-electron chi connectivity index (χ3n) is 8.66. The number of hydrogen-bond donors (Lipinski definition) is 3. The topological polar surface area (TPSA) is 152 Å². The van der Waals surface area contributed by atoms with Gasteiger partial charge >= 0.3 is 18.4 Å². The van der Waals surface area contributed by atoms with Gasteiger partial charge in [-0.25, -0.2) is 24.1 Å². The summed E-state index contributed by atoms with van der Waals surface area (Å²) in [6.45, 7) is 12.4. The number of likely N-dealkylation sites (N-methyl/N-ethyl adjacent to an activating group) is 1. The van der Waals surface area contributed by atoms with Crippen LogP contribution < -0.4 is 16.2 Å². The second-order valence-corrected chi connectivity index (χ2v) is 14.9. The van der Waals surface area contributed by atoms with Gasteiger partial charge in [0.15, 0.2) is 5.69 Å². The molecule has 13 nitrogen and oxygen atoms in total. The number of rotatable bonds is 6. The van der Waals surface area contributed by atoms with Crippen molar-refractivity contribution in [1.82, 2.24) is 30.8 Å². The van der Waals surface area contributed by atoms with Gasteiger partial charge in [-0.1, -0.05) is 6.08 Å². The molecule has 1 aromatic rings. The number of ether oxygens (including phenoxy) is 2. The lowest BCUT2D eigenvalue weighted by Gasteiger charge is -2.40. The van der Waals surface area contributed by atoms with E-state index in [1.54, 1.807) is 60.8 Å². The Morgan fingerprint density at radius 2 is 1.75 bits per heavy atom. The number of carbonyl (C=O) groups excluding carboxylic acids is 3. The second-order valence-electron chi connectivity index (χ2n) is 14.9. The molecule has 6 unspecified atom stereocenters. The zero-order chi connectivity index (χ0) is 37.5. The number of nitrogens with zero attached hydrogens (tertiary/aromatic N) is 5. The molecule has 5 rings (SSSR count). The van der Waals surface area contributed by atoms with E-state index in [9.17, 15) is 27.6 Å². The number of nitrogens with one attached hydrogen (secondary N) is 3. The molecule has 0 bridgehead atoms. The normalized spacial score (nSPS) is 26.1. The number of amides is 3. The van der Waals surface area contributed by atoms with Crippen molar-refractivity contribution in [2.75, 3.05) is 13.1 Å². The second kappa shape index (κ2) is 14.2. The third-order valence-corrected chi connectivity index (χ3v) is 8.66. The molecule has 6 atom stereocenters. The van der Waals surface area contributed by atoms with Crippen molar-refractivity contribution in [1.29, 1.82) is 0 Å². The molecular weight excluding hydrogens is 676 g/mol. The van der Waals surface area contributed by atoms with Crippen LogP contribution in [0.1, 0.15) is 67.0 Å². The summed E-state index contributed by atoms with van der Waals surface area (Å²) >= 11 is 0. The molecule has 0 spiro atoms. The summed E-state index contributed by atoms with van der Waals surface area (Å²) < 4.78 is 68.9. The minimum Gasteiger partial charge on any atom is -0.444 e. The average Bonchev–Trinajstić information content (AvgIpc) is 3.64. The average molecular weight is 721 g/mol. The molecule has 4 aliphatic rings. The molecule has 0 aromatic carbocycles. The Bertz CT molecular complexity index is 1680. The lowest BCUT2D eigenvalue weighted by atomic mass is 9.75. The van der Waals surface area contributed by atoms with Crippen LogP contribution in [0.25, 0.3) is 5.70 Å². The molecule has 0 radical (unpaired) electrons. The standard InChI is InChI=1S/C34H44F4N8O5/c1-8-45(31(49)51-33(5,6)7)23-14-20(35)13-21-26-28(46-10-9-24(44-46)34(36,37)38)22(17-40-29(26)41-27(21)23)19-11-18(15-39-16-19)12-25(47)42-43-30(48)50-32(2,3)4/h9-11,14-15,17,19,21,23,26-27,29,41H,8,12-13,16H2,1-7H3,(H,42,47)(H,43,48). The Kier molecular flexibility index (Phi) is 10.5. The highest BCUT2D eigenvalue weighted by atomic mass is 19.4. The maximum atomic E-state index is 15.6. The van der Waals surface area contributed by atoms with Crippen LogP contribution in [0.15, 0.2) is 51.4 Å². The SMILES string of the molecule is CCN(C(=O)OC(C)(C)C)C1C=C(F)CC2C1NC1N=CC(C3C=C(CC(=O)NNC(=O)OC(C)(C)C)C=NC3)=C(n3ccc(C(F)(F)F)n3)C12. The lowest BCUT2D eigenvalue weighted by Crippen LogP contribution is -2.54. The summed E-state index contributed by atoms with van der Waals surface area (Å²) in [7, 11) is 0. The highest BCUT2D eigenvalue weighted by Crippen LogP contribution is 2.48.